The zero-order valence-corrected chi connectivity index (χ0v) is 19.8. The molecule has 1 heterocycles. The number of amides is 1. The molecule has 0 spiro atoms. The van der Waals surface area contributed by atoms with Crippen molar-refractivity contribution in [3.8, 4) is 0 Å². The topological polar surface area (TPSA) is 75.2 Å². The van der Waals surface area contributed by atoms with E-state index in [-0.39, 0.29) is 35.9 Å². The largest absolute Gasteiger partial charge is 0.385 e. The summed E-state index contributed by atoms with van der Waals surface area (Å²) in [6.45, 7) is 10.9. The fourth-order valence-corrected chi connectivity index (χ4v) is 2.83. The number of rotatable bonds is 11. The summed E-state index contributed by atoms with van der Waals surface area (Å²) in [4.78, 5) is 18.8. The molecule has 1 saturated heterocycles. The summed E-state index contributed by atoms with van der Waals surface area (Å²) in [5.41, 5.74) is 0. The molecule has 160 valence electrons. The van der Waals surface area contributed by atoms with Crippen LogP contribution >= 0.6 is 24.0 Å². The van der Waals surface area contributed by atoms with Crippen molar-refractivity contribution in [2.24, 2.45) is 4.99 Å². The zero-order chi connectivity index (χ0) is 19.2. The molecule has 0 aromatic carbocycles. The number of carbonyl (C=O) groups is 1. The first-order valence-corrected chi connectivity index (χ1v) is 10.0. The molecule has 27 heavy (non-hydrogen) atoms. The van der Waals surface area contributed by atoms with Crippen LogP contribution in [0.2, 0.25) is 0 Å². The maximum atomic E-state index is 11.9. The Bertz CT molecular complexity index is 416. The van der Waals surface area contributed by atoms with E-state index in [9.17, 15) is 4.79 Å². The third kappa shape index (κ3) is 11.7. The van der Waals surface area contributed by atoms with Gasteiger partial charge < -0.3 is 25.0 Å². The first-order valence-electron chi connectivity index (χ1n) is 10.0. The van der Waals surface area contributed by atoms with Gasteiger partial charge in [-0.15, -0.1) is 24.0 Å². The minimum absolute atomic E-state index is 0. The number of hydrogen-bond donors (Lipinski definition) is 2. The van der Waals surface area contributed by atoms with Crippen LogP contribution in [0.1, 0.15) is 52.9 Å². The van der Waals surface area contributed by atoms with Crippen molar-refractivity contribution < 1.29 is 14.3 Å². The van der Waals surface area contributed by atoms with E-state index in [0.717, 1.165) is 64.5 Å². The molecule has 0 radical (unpaired) electrons. The lowest BCUT2D eigenvalue weighted by Crippen LogP contribution is -2.47. The second-order valence-electron chi connectivity index (χ2n) is 6.77. The first-order chi connectivity index (χ1) is 12.6. The number of piperidine rings is 1. The highest BCUT2D eigenvalue weighted by Crippen LogP contribution is 2.14. The normalized spacial score (nSPS) is 16.6. The Morgan fingerprint density at radius 2 is 1.96 bits per heavy atom. The van der Waals surface area contributed by atoms with Crippen LogP contribution in [-0.2, 0) is 14.3 Å². The van der Waals surface area contributed by atoms with Gasteiger partial charge in [-0.1, -0.05) is 6.92 Å². The molecule has 1 aliphatic heterocycles. The summed E-state index contributed by atoms with van der Waals surface area (Å²) >= 11 is 0. The molecule has 0 aliphatic carbocycles. The van der Waals surface area contributed by atoms with Gasteiger partial charge >= 0.3 is 0 Å². The Balaban J connectivity index is 0.00000676. The van der Waals surface area contributed by atoms with Gasteiger partial charge in [-0.25, -0.2) is 0 Å². The molecule has 0 bridgehead atoms. The van der Waals surface area contributed by atoms with E-state index in [1.54, 1.807) is 7.11 Å². The van der Waals surface area contributed by atoms with E-state index in [2.05, 4.69) is 34.4 Å². The van der Waals surface area contributed by atoms with Crippen LogP contribution < -0.4 is 10.6 Å². The average Bonchev–Trinajstić information content (AvgIpc) is 2.65. The molecule has 1 fully saturated rings. The van der Waals surface area contributed by atoms with E-state index in [1.165, 1.54) is 0 Å². The molecule has 8 heteroatoms. The van der Waals surface area contributed by atoms with Crippen LogP contribution in [0.15, 0.2) is 4.99 Å². The minimum atomic E-state index is 0. The fourth-order valence-electron chi connectivity index (χ4n) is 2.83. The number of likely N-dealkylation sites (tertiary alicyclic amines) is 1. The van der Waals surface area contributed by atoms with Gasteiger partial charge in [-0.3, -0.25) is 9.79 Å². The quantitative estimate of drug-likeness (QED) is 0.198. The van der Waals surface area contributed by atoms with Crippen molar-refractivity contribution in [3.63, 3.8) is 0 Å². The van der Waals surface area contributed by atoms with Gasteiger partial charge in [0.15, 0.2) is 5.96 Å². The van der Waals surface area contributed by atoms with Crippen LogP contribution in [0.5, 0.6) is 0 Å². The number of guanidine groups is 1. The molecule has 0 saturated carbocycles. The first kappa shape index (κ1) is 26.4. The number of methoxy groups -OCH3 is 1. The molecular formula is C19H39IN4O3. The average molecular weight is 498 g/mol. The van der Waals surface area contributed by atoms with Crippen molar-refractivity contribution in [3.05, 3.63) is 0 Å². The van der Waals surface area contributed by atoms with Gasteiger partial charge in [0.2, 0.25) is 5.91 Å². The van der Waals surface area contributed by atoms with Gasteiger partial charge in [0.25, 0.3) is 0 Å². The number of halogens is 1. The van der Waals surface area contributed by atoms with E-state index in [1.807, 2.05) is 6.92 Å². The van der Waals surface area contributed by atoms with Crippen LogP contribution in [0, 0.1) is 0 Å². The molecule has 0 aromatic rings. The smallest absolute Gasteiger partial charge is 0.222 e. The lowest BCUT2D eigenvalue weighted by Gasteiger charge is -2.34. The van der Waals surface area contributed by atoms with E-state index >= 15 is 0 Å². The predicted molar refractivity (Wildman–Crippen MR) is 121 cm³/mol. The Hall–Kier alpha value is -0.610. The molecule has 7 nitrogen and oxygen atoms in total. The number of carbonyl (C=O) groups excluding carboxylic acids is 1. The third-order valence-electron chi connectivity index (χ3n) is 4.54. The van der Waals surface area contributed by atoms with Crippen LogP contribution in [-0.4, -0.2) is 75.4 Å². The van der Waals surface area contributed by atoms with Gasteiger partial charge in [0, 0.05) is 52.4 Å². The Labute approximate surface area is 182 Å². The second-order valence-corrected chi connectivity index (χ2v) is 6.77. The Morgan fingerprint density at radius 1 is 1.26 bits per heavy atom. The van der Waals surface area contributed by atoms with E-state index in [0.29, 0.717) is 19.1 Å². The van der Waals surface area contributed by atoms with Crippen LogP contribution in [0.4, 0.5) is 0 Å². The molecule has 1 atom stereocenters. The van der Waals surface area contributed by atoms with Crippen molar-refractivity contribution in [2.45, 2.75) is 65.0 Å². The summed E-state index contributed by atoms with van der Waals surface area (Å²) < 4.78 is 11.0. The number of aliphatic imine (C=N–C) groups is 1. The standard InChI is InChI=1S/C19H38N4O3.HI/c1-5-16(3)22-18(24)8-11-21-19(20-6-2)23-12-9-17(10-13-23)26-15-7-14-25-4;/h16-17H,5-15H2,1-4H3,(H,20,21)(H,22,24);1H. The summed E-state index contributed by atoms with van der Waals surface area (Å²) in [5, 5.41) is 6.32. The summed E-state index contributed by atoms with van der Waals surface area (Å²) in [7, 11) is 1.72. The number of nitrogens with one attached hydrogen (secondary N) is 2. The maximum absolute atomic E-state index is 11.9. The predicted octanol–water partition coefficient (Wildman–Crippen LogP) is 2.39. The van der Waals surface area contributed by atoms with Crippen LogP contribution in [0.25, 0.3) is 0 Å². The SMILES string of the molecule is CCNC(=NCCC(=O)NC(C)CC)N1CCC(OCCCOC)CC1.I. The maximum Gasteiger partial charge on any atom is 0.222 e. The molecule has 1 amide bonds. The zero-order valence-electron chi connectivity index (χ0n) is 17.5. The molecule has 2 N–H and O–H groups in total. The van der Waals surface area contributed by atoms with Gasteiger partial charge in [-0.2, -0.15) is 0 Å². The molecule has 1 rings (SSSR count). The molecule has 0 aromatic heterocycles. The van der Waals surface area contributed by atoms with Crippen LogP contribution in [0.3, 0.4) is 0 Å². The monoisotopic (exact) mass is 498 g/mol. The fraction of sp³-hybridized carbons (Fsp3) is 0.895. The second kappa shape index (κ2) is 16.4. The summed E-state index contributed by atoms with van der Waals surface area (Å²) in [5.74, 6) is 0.976. The Kier molecular flexibility index (Phi) is 16.0. The van der Waals surface area contributed by atoms with Crippen molar-refractivity contribution in [1.29, 1.82) is 0 Å². The summed E-state index contributed by atoms with van der Waals surface area (Å²) in [6, 6.07) is 0.225. The van der Waals surface area contributed by atoms with Gasteiger partial charge in [0.05, 0.1) is 12.6 Å². The van der Waals surface area contributed by atoms with Crippen molar-refractivity contribution in [1.82, 2.24) is 15.5 Å². The highest BCUT2D eigenvalue weighted by Gasteiger charge is 2.21. The van der Waals surface area contributed by atoms with E-state index < -0.39 is 0 Å². The third-order valence-corrected chi connectivity index (χ3v) is 4.54. The van der Waals surface area contributed by atoms with E-state index in [4.69, 9.17) is 9.47 Å². The number of nitrogens with zero attached hydrogens (tertiary/aromatic N) is 2. The molecule has 1 aliphatic rings. The Morgan fingerprint density at radius 3 is 2.56 bits per heavy atom. The van der Waals surface area contributed by atoms with Gasteiger partial charge in [-0.05, 0) is 39.5 Å². The highest BCUT2D eigenvalue weighted by atomic mass is 127. The number of hydrogen-bond acceptors (Lipinski definition) is 4. The van der Waals surface area contributed by atoms with Gasteiger partial charge in [0.1, 0.15) is 0 Å². The lowest BCUT2D eigenvalue weighted by molar-refractivity contribution is -0.121. The highest BCUT2D eigenvalue weighted by molar-refractivity contribution is 14.0. The minimum Gasteiger partial charge on any atom is -0.385 e. The molecule has 1 unspecified atom stereocenters. The molecular weight excluding hydrogens is 459 g/mol. The number of ether oxygens (including phenoxy) is 2. The summed E-state index contributed by atoms with van der Waals surface area (Å²) in [6.07, 6.45) is 4.66. The lowest BCUT2D eigenvalue weighted by atomic mass is 10.1. The van der Waals surface area contributed by atoms with Crippen molar-refractivity contribution in [2.75, 3.05) is 46.5 Å². The van der Waals surface area contributed by atoms with Crippen molar-refractivity contribution >= 4 is 35.8 Å².